The highest BCUT2D eigenvalue weighted by Crippen LogP contribution is 2.18. The van der Waals surface area contributed by atoms with Crippen LogP contribution in [0.15, 0.2) is 24.3 Å². The van der Waals surface area contributed by atoms with E-state index in [-0.39, 0.29) is 11.3 Å². The number of rotatable bonds is 5. The van der Waals surface area contributed by atoms with Crippen LogP contribution in [0.1, 0.15) is 17.3 Å². The fraction of sp³-hybridized carbons (Fsp3) is 0.250. The number of imide groups is 1. The SMILES string of the molecule is C[C@@H](OC(=O)c1ccccc1NS(C)(=O)=O)C(=O)NC(N)=O. The summed E-state index contributed by atoms with van der Waals surface area (Å²) >= 11 is 0. The number of primary amides is 1. The molecule has 0 radical (unpaired) electrons. The van der Waals surface area contributed by atoms with Gasteiger partial charge in [0.25, 0.3) is 5.91 Å². The van der Waals surface area contributed by atoms with Crippen molar-refractivity contribution in [1.82, 2.24) is 5.32 Å². The molecule has 1 aromatic rings. The number of ether oxygens (including phenoxy) is 1. The number of benzene rings is 1. The number of urea groups is 1. The smallest absolute Gasteiger partial charge is 0.341 e. The fourth-order valence-electron chi connectivity index (χ4n) is 1.45. The summed E-state index contributed by atoms with van der Waals surface area (Å²) in [5.41, 5.74) is 4.71. The molecule has 22 heavy (non-hydrogen) atoms. The molecule has 0 bridgehead atoms. The fourth-order valence-corrected chi connectivity index (χ4v) is 2.03. The second-order valence-corrected chi connectivity index (χ2v) is 6.07. The van der Waals surface area contributed by atoms with Crippen molar-refractivity contribution in [2.45, 2.75) is 13.0 Å². The second kappa shape index (κ2) is 6.89. The van der Waals surface area contributed by atoms with Gasteiger partial charge in [-0.25, -0.2) is 18.0 Å². The summed E-state index contributed by atoms with van der Waals surface area (Å²) in [7, 11) is -3.59. The predicted octanol–water partition coefficient (Wildman–Crippen LogP) is -0.202. The average molecular weight is 329 g/mol. The van der Waals surface area contributed by atoms with Crippen LogP contribution in [-0.4, -0.2) is 38.7 Å². The number of carbonyl (C=O) groups is 3. The Morgan fingerprint density at radius 2 is 1.82 bits per heavy atom. The summed E-state index contributed by atoms with van der Waals surface area (Å²) in [4.78, 5) is 34.0. The predicted molar refractivity (Wildman–Crippen MR) is 77.5 cm³/mol. The molecule has 0 saturated carbocycles. The number of amides is 3. The summed E-state index contributed by atoms with van der Waals surface area (Å²) in [6.45, 7) is 1.24. The van der Waals surface area contributed by atoms with Crippen LogP contribution < -0.4 is 15.8 Å². The first-order valence-electron chi connectivity index (χ1n) is 5.98. The topological polar surface area (TPSA) is 145 Å². The number of para-hydroxylation sites is 1. The van der Waals surface area contributed by atoms with Crippen molar-refractivity contribution in [2.75, 3.05) is 11.0 Å². The number of anilines is 1. The Kier molecular flexibility index (Phi) is 5.46. The number of hydrogen-bond donors (Lipinski definition) is 3. The van der Waals surface area contributed by atoms with E-state index in [1.54, 1.807) is 5.32 Å². The quantitative estimate of drug-likeness (QED) is 0.638. The summed E-state index contributed by atoms with van der Waals surface area (Å²) in [5.74, 6) is -1.83. The third kappa shape index (κ3) is 5.40. The lowest BCUT2D eigenvalue weighted by atomic mass is 10.2. The average Bonchev–Trinajstić information content (AvgIpc) is 2.36. The van der Waals surface area contributed by atoms with Gasteiger partial charge in [0.1, 0.15) is 0 Å². The van der Waals surface area contributed by atoms with E-state index in [1.807, 2.05) is 0 Å². The molecule has 0 heterocycles. The minimum atomic E-state index is -3.59. The molecule has 0 saturated heterocycles. The summed E-state index contributed by atoms with van der Waals surface area (Å²) in [6.07, 6.45) is -0.357. The van der Waals surface area contributed by atoms with Crippen molar-refractivity contribution >= 4 is 33.6 Å². The zero-order valence-corrected chi connectivity index (χ0v) is 12.6. The number of hydrogen-bond acceptors (Lipinski definition) is 6. The minimum absolute atomic E-state index is 0.0116. The molecule has 4 N–H and O–H groups in total. The molecule has 3 amide bonds. The van der Waals surface area contributed by atoms with Crippen molar-refractivity contribution < 1.29 is 27.5 Å². The lowest BCUT2D eigenvalue weighted by molar-refractivity contribution is -0.127. The van der Waals surface area contributed by atoms with E-state index in [4.69, 9.17) is 10.5 Å². The van der Waals surface area contributed by atoms with Crippen LogP contribution >= 0.6 is 0 Å². The van der Waals surface area contributed by atoms with E-state index in [1.165, 1.54) is 31.2 Å². The van der Waals surface area contributed by atoms with E-state index >= 15 is 0 Å². The number of carbonyl (C=O) groups excluding carboxylic acids is 3. The molecule has 0 spiro atoms. The molecule has 0 aliphatic rings. The first-order chi connectivity index (χ1) is 10.1. The Hall–Kier alpha value is -2.62. The molecule has 1 atom stereocenters. The molecule has 0 unspecified atom stereocenters. The van der Waals surface area contributed by atoms with E-state index in [0.29, 0.717) is 0 Å². The highest BCUT2D eigenvalue weighted by atomic mass is 32.2. The standard InChI is InChI=1S/C12H15N3O6S/c1-7(10(16)14-12(13)18)21-11(17)8-5-3-4-6-9(8)15-22(2,19)20/h3-7,15H,1-2H3,(H3,13,14,16,18)/t7-/m1/s1. The maximum absolute atomic E-state index is 12.0. The van der Waals surface area contributed by atoms with Gasteiger partial charge in [0.05, 0.1) is 17.5 Å². The lowest BCUT2D eigenvalue weighted by Crippen LogP contribution is -2.42. The highest BCUT2D eigenvalue weighted by molar-refractivity contribution is 7.92. The van der Waals surface area contributed by atoms with Crippen LogP contribution in [0, 0.1) is 0 Å². The summed E-state index contributed by atoms with van der Waals surface area (Å²) in [6, 6.07) is 4.64. The van der Waals surface area contributed by atoms with Crippen LogP contribution in [0.3, 0.4) is 0 Å². The van der Waals surface area contributed by atoms with Gasteiger partial charge in [0.2, 0.25) is 10.0 Å². The molecule has 1 rings (SSSR count). The van der Waals surface area contributed by atoms with Gasteiger partial charge >= 0.3 is 12.0 Å². The third-order valence-corrected chi connectivity index (χ3v) is 2.93. The van der Waals surface area contributed by atoms with Crippen molar-refractivity contribution in [2.24, 2.45) is 5.73 Å². The van der Waals surface area contributed by atoms with Gasteiger partial charge in [0, 0.05) is 0 Å². The van der Waals surface area contributed by atoms with E-state index in [2.05, 4.69) is 4.72 Å². The molecule has 9 nitrogen and oxygen atoms in total. The molecule has 0 fully saturated rings. The molecule has 10 heteroatoms. The molecular formula is C12H15N3O6S. The Labute approximate surface area is 126 Å². The minimum Gasteiger partial charge on any atom is -0.449 e. The van der Waals surface area contributed by atoms with Gasteiger partial charge in [-0.05, 0) is 19.1 Å². The van der Waals surface area contributed by atoms with Crippen LogP contribution in [0.4, 0.5) is 10.5 Å². The van der Waals surface area contributed by atoms with Crippen LogP contribution in [0.5, 0.6) is 0 Å². The van der Waals surface area contributed by atoms with E-state index in [0.717, 1.165) is 6.26 Å². The molecular weight excluding hydrogens is 314 g/mol. The van der Waals surface area contributed by atoms with Crippen LogP contribution in [-0.2, 0) is 19.6 Å². The maximum atomic E-state index is 12.0. The number of nitrogens with two attached hydrogens (primary N) is 1. The Morgan fingerprint density at radius 1 is 1.23 bits per heavy atom. The Morgan fingerprint density at radius 3 is 2.36 bits per heavy atom. The summed E-state index contributed by atoms with van der Waals surface area (Å²) < 4.78 is 29.5. The first kappa shape index (κ1) is 17.4. The molecule has 1 aromatic carbocycles. The van der Waals surface area contributed by atoms with Crippen molar-refractivity contribution in [3.63, 3.8) is 0 Å². The van der Waals surface area contributed by atoms with Crippen molar-refractivity contribution in [3.8, 4) is 0 Å². The van der Waals surface area contributed by atoms with Crippen molar-refractivity contribution in [1.29, 1.82) is 0 Å². The van der Waals surface area contributed by atoms with Gasteiger partial charge in [-0.15, -0.1) is 0 Å². The normalized spacial score (nSPS) is 12.1. The largest absolute Gasteiger partial charge is 0.449 e. The Balaban J connectivity index is 2.90. The molecule has 0 aliphatic carbocycles. The maximum Gasteiger partial charge on any atom is 0.341 e. The second-order valence-electron chi connectivity index (χ2n) is 4.32. The molecule has 0 aliphatic heterocycles. The molecule has 0 aromatic heterocycles. The summed E-state index contributed by atoms with van der Waals surface area (Å²) in [5, 5.41) is 1.76. The van der Waals surface area contributed by atoms with Crippen molar-refractivity contribution in [3.05, 3.63) is 29.8 Å². The van der Waals surface area contributed by atoms with Gasteiger partial charge in [-0.3, -0.25) is 14.8 Å². The first-order valence-corrected chi connectivity index (χ1v) is 7.87. The molecule has 120 valence electrons. The zero-order valence-electron chi connectivity index (χ0n) is 11.8. The van der Waals surface area contributed by atoms with E-state index in [9.17, 15) is 22.8 Å². The number of sulfonamides is 1. The van der Waals surface area contributed by atoms with Crippen LogP contribution in [0.25, 0.3) is 0 Å². The number of nitrogens with one attached hydrogen (secondary N) is 2. The van der Waals surface area contributed by atoms with Crippen LogP contribution in [0.2, 0.25) is 0 Å². The van der Waals surface area contributed by atoms with Gasteiger partial charge < -0.3 is 10.5 Å². The zero-order chi connectivity index (χ0) is 16.9. The van der Waals surface area contributed by atoms with Gasteiger partial charge in [-0.2, -0.15) is 0 Å². The number of esters is 1. The lowest BCUT2D eigenvalue weighted by Gasteiger charge is -2.14. The third-order valence-electron chi connectivity index (χ3n) is 2.34. The van der Waals surface area contributed by atoms with E-state index < -0.39 is 34.0 Å². The van der Waals surface area contributed by atoms with Gasteiger partial charge in [-0.1, -0.05) is 12.1 Å². The van der Waals surface area contributed by atoms with Gasteiger partial charge in [0.15, 0.2) is 6.10 Å². The Bertz CT molecular complexity index is 701. The monoisotopic (exact) mass is 329 g/mol. The highest BCUT2D eigenvalue weighted by Gasteiger charge is 2.22.